The van der Waals surface area contributed by atoms with Crippen LogP contribution in [0.1, 0.15) is 18.1 Å². The van der Waals surface area contributed by atoms with Crippen LogP contribution in [-0.4, -0.2) is 32.5 Å². The Labute approximate surface area is 192 Å². The molecule has 5 nitrogen and oxygen atoms in total. The van der Waals surface area contributed by atoms with Gasteiger partial charge in [0.1, 0.15) is 0 Å². The van der Waals surface area contributed by atoms with Crippen LogP contribution in [-0.2, 0) is 9.59 Å². The number of nitrogens with one attached hydrogen (secondary N) is 1. The molecule has 0 spiro atoms. The molecule has 0 aromatic heterocycles. The van der Waals surface area contributed by atoms with Crippen molar-refractivity contribution in [3.63, 3.8) is 0 Å². The van der Waals surface area contributed by atoms with Gasteiger partial charge in [-0.15, -0.1) is 0 Å². The topological polar surface area (TPSA) is 64.6 Å². The molecule has 1 N–H and O–H groups in total. The Morgan fingerprint density at radius 2 is 1.41 bits per heavy atom. The van der Waals surface area contributed by atoms with Crippen molar-refractivity contribution in [1.82, 2.24) is 5.32 Å². The molecule has 0 fully saturated rings. The molecular formula is C26H24ClNO4. The molecule has 0 radical (unpaired) electrons. The van der Waals surface area contributed by atoms with Crippen molar-refractivity contribution in [2.45, 2.75) is 6.92 Å². The van der Waals surface area contributed by atoms with Crippen LogP contribution in [0.4, 0.5) is 0 Å². The summed E-state index contributed by atoms with van der Waals surface area (Å²) >= 11 is 5.99. The highest BCUT2D eigenvalue weighted by atomic mass is 35.5. The summed E-state index contributed by atoms with van der Waals surface area (Å²) in [4.78, 5) is 23.7. The summed E-state index contributed by atoms with van der Waals surface area (Å²) in [5.74, 6) is 0.680. The van der Waals surface area contributed by atoms with E-state index in [9.17, 15) is 9.59 Å². The molecule has 6 heteroatoms. The third-order valence-corrected chi connectivity index (χ3v) is 5.14. The fourth-order valence-electron chi connectivity index (χ4n) is 3.25. The van der Waals surface area contributed by atoms with Crippen molar-refractivity contribution in [2.75, 3.05) is 20.8 Å². The maximum Gasteiger partial charge on any atom is 0.217 e. The molecule has 0 atom stereocenters. The van der Waals surface area contributed by atoms with Crippen LogP contribution in [0.25, 0.3) is 16.7 Å². The van der Waals surface area contributed by atoms with Crippen molar-refractivity contribution in [1.29, 1.82) is 0 Å². The van der Waals surface area contributed by atoms with Gasteiger partial charge in [0.25, 0.3) is 0 Å². The number of halogens is 1. The third kappa shape index (κ3) is 5.77. The van der Waals surface area contributed by atoms with Gasteiger partial charge in [-0.2, -0.15) is 0 Å². The van der Waals surface area contributed by atoms with Gasteiger partial charge in [-0.3, -0.25) is 9.59 Å². The zero-order valence-electron chi connectivity index (χ0n) is 18.1. The molecule has 164 valence electrons. The van der Waals surface area contributed by atoms with Gasteiger partial charge in [-0.1, -0.05) is 54.1 Å². The van der Waals surface area contributed by atoms with Crippen LogP contribution < -0.4 is 14.8 Å². The maximum absolute atomic E-state index is 12.5. The first-order chi connectivity index (χ1) is 15.4. The minimum Gasteiger partial charge on any atom is -0.493 e. The van der Waals surface area contributed by atoms with Gasteiger partial charge in [-0.05, 0) is 58.2 Å². The molecule has 3 aromatic carbocycles. The lowest BCUT2D eigenvalue weighted by Gasteiger charge is -2.13. The van der Waals surface area contributed by atoms with Gasteiger partial charge < -0.3 is 14.8 Å². The minimum absolute atomic E-state index is 0.0744. The lowest BCUT2D eigenvalue weighted by Crippen LogP contribution is -2.26. The molecular weight excluding hydrogens is 426 g/mol. The Morgan fingerprint density at radius 1 is 0.844 bits per heavy atom. The fraction of sp³-hybridized carbons (Fsp3) is 0.154. The first-order valence-electron chi connectivity index (χ1n) is 9.99. The number of ketones is 1. The number of hydrogen-bond acceptors (Lipinski definition) is 4. The van der Waals surface area contributed by atoms with E-state index in [0.29, 0.717) is 22.1 Å². The summed E-state index contributed by atoms with van der Waals surface area (Å²) in [7, 11) is 3.13. The van der Waals surface area contributed by atoms with Crippen LogP contribution in [0.3, 0.4) is 0 Å². The first kappa shape index (κ1) is 23.1. The molecule has 0 heterocycles. The monoisotopic (exact) mass is 449 g/mol. The number of amides is 1. The van der Waals surface area contributed by atoms with Gasteiger partial charge in [0, 0.05) is 11.9 Å². The quantitative estimate of drug-likeness (QED) is 0.482. The molecule has 1 amide bonds. The molecule has 0 aliphatic heterocycles. The van der Waals surface area contributed by atoms with Gasteiger partial charge >= 0.3 is 0 Å². The molecule has 0 bridgehead atoms. The lowest BCUT2D eigenvalue weighted by molar-refractivity contribution is -0.122. The second-order valence-corrected chi connectivity index (χ2v) is 7.52. The molecule has 0 saturated carbocycles. The normalized spacial score (nSPS) is 11.1. The second-order valence-electron chi connectivity index (χ2n) is 7.09. The Morgan fingerprint density at radius 3 is 1.97 bits per heavy atom. The average Bonchev–Trinajstić information content (AvgIpc) is 2.81. The van der Waals surface area contributed by atoms with E-state index in [4.69, 9.17) is 21.1 Å². The highest BCUT2D eigenvalue weighted by Gasteiger charge is 2.13. The summed E-state index contributed by atoms with van der Waals surface area (Å²) in [6.45, 7) is 1.30. The largest absolute Gasteiger partial charge is 0.493 e. The highest BCUT2D eigenvalue weighted by Crippen LogP contribution is 2.33. The van der Waals surface area contributed by atoms with Crippen LogP contribution in [0.2, 0.25) is 5.02 Å². The molecule has 0 unspecified atom stereocenters. The van der Waals surface area contributed by atoms with E-state index in [1.54, 1.807) is 20.3 Å². The van der Waals surface area contributed by atoms with Crippen molar-refractivity contribution in [3.05, 3.63) is 89.0 Å². The number of carbonyl (C=O) groups is 2. The standard InChI is InChI=1S/C26H24ClNO4/c1-17(29)28-16-23(30)15-24(21-10-13-25(31-2)26(14-21)32-3)20-6-4-18(5-7-20)19-8-11-22(27)12-9-19/h4-15H,16H2,1-3H3,(H,28,29). The Balaban J connectivity index is 2.01. The molecule has 0 aliphatic carbocycles. The van der Waals surface area contributed by atoms with Crippen molar-refractivity contribution in [2.24, 2.45) is 0 Å². The van der Waals surface area contributed by atoms with Gasteiger partial charge in [0.2, 0.25) is 5.91 Å². The molecule has 0 saturated heterocycles. The molecule has 3 rings (SSSR count). The van der Waals surface area contributed by atoms with Gasteiger partial charge in [-0.25, -0.2) is 0 Å². The van der Waals surface area contributed by atoms with E-state index in [1.165, 1.54) is 13.0 Å². The fourth-order valence-corrected chi connectivity index (χ4v) is 3.37. The average molecular weight is 450 g/mol. The van der Waals surface area contributed by atoms with Crippen molar-refractivity contribution in [3.8, 4) is 22.6 Å². The Hall–Kier alpha value is -3.57. The van der Waals surface area contributed by atoms with E-state index in [-0.39, 0.29) is 18.2 Å². The van der Waals surface area contributed by atoms with Gasteiger partial charge in [0.15, 0.2) is 17.3 Å². The first-order valence-corrected chi connectivity index (χ1v) is 10.4. The summed E-state index contributed by atoms with van der Waals surface area (Å²) < 4.78 is 10.8. The van der Waals surface area contributed by atoms with Crippen LogP contribution >= 0.6 is 11.6 Å². The SMILES string of the molecule is COc1ccc(C(=CC(=O)CNC(C)=O)c2ccc(-c3ccc(Cl)cc3)cc2)cc1OC. The second kappa shape index (κ2) is 10.6. The van der Waals surface area contributed by atoms with E-state index in [2.05, 4.69) is 5.32 Å². The Bertz CT molecular complexity index is 1140. The third-order valence-electron chi connectivity index (χ3n) is 4.88. The lowest BCUT2D eigenvalue weighted by atomic mass is 9.94. The van der Waals surface area contributed by atoms with E-state index in [1.807, 2.05) is 60.7 Å². The maximum atomic E-state index is 12.5. The van der Waals surface area contributed by atoms with Crippen molar-refractivity contribution >= 4 is 28.9 Å². The number of hydrogen-bond donors (Lipinski definition) is 1. The van der Waals surface area contributed by atoms with Crippen LogP contribution in [0.5, 0.6) is 11.5 Å². The number of benzene rings is 3. The highest BCUT2D eigenvalue weighted by molar-refractivity contribution is 6.30. The number of carbonyl (C=O) groups excluding carboxylic acids is 2. The number of ether oxygens (including phenoxy) is 2. The summed E-state index contributed by atoms with van der Waals surface area (Å²) in [6.07, 6.45) is 1.54. The van der Waals surface area contributed by atoms with E-state index in [0.717, 1.165) is 22.3 Å². The Kier molecular flexibility index (Phi) is 7.68. The number of rotatable bonds is 8. The zero-order valence-corrected chi connectivity index (χ0v) is 18.9. The predicted octanol–water partition coefficient (Wildman–Crippen LogP) is 5.16. The smallest absolute Gasteiger partial charge is 0.217 e. The summed E-state index contributed by atoms with van der Waals surface area (Å²) in [5, 5.41) is 3.22. The van der Waals surface area contributed by atoms with Crippen LogP contribution in [0, 0.1) is 0 Å². The zero-order chi connectivity index (χ0) is 23.1. The summed E-state index contributed by atoms with van der Waals surface area (Å²) in [5.41, 5.74) is 4.43. The molecule has 32 heavy (non-hydrogen) atoms. The minimum atomic E-state index is -0.258. The van der Waals surface area contributed by atoms with Gasteiger partial charge in [0.05, 0.1) is 20.8 Å². The number of methoxy groups -OCH3 is 2. The van der Waals surface area contributed by atoms with E-state index >= 15 is 0 Å². The van der Waals surface area contributed by atoms with Crippen LogP contribution in [0.15, 0.2) is 72.8 Å². The predicted molar refractivity (Wildman–Crippen MR) is 127 cm³/mol. The summed E-state index contributed by atoms with van der Waals surface area (Å²) in [6, 6.07) is 21.0. The molecule has 3 aromatic rings. The molecule has 0 aliphatic rings. The van der Waals surface area contributed by atoms with Crippen molar-refractivity contribution < 1.29 is 19.1 Å². The van der Waals surface area contributed by atoms with E-state index < -0.39 is 0 Å².